The van der Waals surface area contributed by atoms with Gasteiger partial charge in [-0.1, -0.05) is 24.9 Å². The van der Waals surface area contributed by atoms with E-state index in [2.05, 4.69) is 27.3 Å². The van der Waals surface area contributed by atoms with Crippen molar-refractivity contribution in [3.63, 3.8) is 0 Å². The minimum absolute atomic E-state index is 0.190. The van der Waals surface area contributed by atoms with Crippen LogP contribution in [0.3, 0.4) is 0 Å². The molecule has 0 fully saturated rings. The Hall–Kier alpha value is -1.82. The fourth-order valence-electron chi connectivity index (χ4n) is 1.81. The Balaban J connectivity index is 1.98. The Bertz CT molecular complexity index is 593. The number of anilines is 1. The molecule has 6 nitrogen and oxygen atoms in total. The lowest BCUT2D eigenvalue weighted by atomic mass is 10.3. The van der Waals surface area contributed by atoms with Gasteiger partial charge in [-0.3, -0.25) is 4.79 Å². The van der Waals surface area contributed by atoms with Crippen LogP contribution in [0, 0.1) is 0 Å². The molecular weight excluding hydrogens is 278 g/mol. The van der Waals surface area contributed by atoms with Crippen molar-refractivity contribution < 1.29 is 0 Å². The van der Waals surface area contributed by atoms with E-state index in [4.69, 9.17) is 11.6 Å². The topological polar surface area (TPSA) is 75.6 Å². The van der Waals surface area contributed by atoms with E-state index in [9.17, 15) is 4.79 Å². The summed E-state index contributed by atoms with van der Waals surface area (Å²) in [6.45, 7) is 3.30. The van der Waals surface area contributed by atoms with Gasteiger partial charge in [-0.05, 0) is 6.42 Å². The highest BCUT2D eigenvalue weighted by molar-refractivity contribution is 6.32. The van der Waals surface area contributed by atoms with Crippen LogP contribution in [0.1, 0.15) is 25.6 Å². The number of halogens is 1. The molecule has 0 aliphatic rings. The van der Waals surface area contributed by atoms with Crippen LogP contribution in [-0.2, 0) is 13.0 Å². The highest BCUT2D eigenvalue weighted by Crippen LogP contribution is 2.15. The summed E-state index contributed by atoms with van der Waals surface area (Å²) in [5.41, 5.74) is 0.319. The van der Waals surface area contributed by atoms with Gasteiger partial charge in [0.05, 0.1) is 11.9 Å². The van der Waals surface area contributed by atoms with Gasteiger partial charge in [-0.2, -0.15) is 5.10 Å². The summed E-state index contributed by atoms with van der Waals surface area (Å²) in [5, 5.41) is 7.42. The number of nitrogens with one attached hydrogen (secondary N) is 2. The number of imidazole rings is 1. The number of rotatable bonds is 7. The highest BCUT2D eigenvalue weighted by atomic mass is 35.5. The van der Waals surface area contributed by atoms with Gasteiger partial charge in [-0.15, -0.1) is 0 Å². The summed E-state index contributed by atoms with van der Waals surface area (Å²) in [6, 6.07) is 0. The lowest BCUT2D eigenvalue weighted by Gasteiger charge is -2.09. The number of unbranched alkanes of at least 4 members (excludes halogenated alkanes) is 1. The summed E-state index contributed by atoms with van der Waals surface area (Å²) in [4.78, 5) is 19.1. The third-order valence-electron chi connectivity index (χ3n) is 2.94. The molecule has 108 valence electrons. The number of aryl methyl sites for hydroxylation is 1. The van der Waals surface area contributed by atoms with Gasteiger partial charge >= 0.3 is 0 Å². The van der Waals surface area contributed by atoms with Crippen LogP contribution in [0.25, 0.3) is 0 Å². The quantitative estimate of drug-likeness (QED) is 0.820. The smallest absolute Gasteiger partial charge is 0.287 e. The minimum Gasteiger partial charge on any atom is -0.382 e. The van der Waals surface area contributed by atoms with E-state index in [1.807, 2.05) is 0 Å². The van der Waals surface area contributed by atoms with E-state index in [1.165, 1.54) is 4.68 Å². The Labute approximate surface area is 122 Å². The second-order valence-corrected chi connectivity index (χ2v) is 4.84. The maximum Gasteiger partial charge on any atom is 0.287 e. The van der Waals surface area contributed by atoms with Crippen LogP contribution < -0.4 is 10.9 Å². The number of hydrogen-bond donors (Lipinski definition) is 2. The van der Waals surface area contributed by atoms with Gasteiger partial charge in [-0.25, -0.2) is 9.67 Å². The molecule has 2 aromatic heterocycles. The van der Waals surface area contributed by atoms with Crippen molar-refractivity contribution in [1.29, 1.82) is 0 Å². The van der Waals surface area contributed by atoms with Crippen LogP contribution in [0.5, 0.6) is 0 Å². The first-order chi connectivity index (χ1) is 9.72. The standard InChI is InChI=1S/C13H18ClN5O/c1-2-3-8-19-13(20)12(14)10(9-18-19)15-5-4-11-16-6-7-17-11/h6-7,9,15H,2-5,8H2,1H3,(H,16,17). The molecule has 2 rings (SSSR count). The van der Waals surface area contributed by atoms with Crippen LogP contribution in [-0.4, -0.2) is 26.3 Å². The maximum atomic E-state index is 12.0. The first-order valence-electron chi connectivity index (χ1n) is 6.70. The van der Waals surface area contributed by atoms with Crippen molar-refractivity contribution in [2.45, 2.75) is 32.7 Å². The molecule has 0 saturated carbocycles. The largest absolute Gasteiger partial charge is 0.382 e. The Morgan fingerprint density at radius 3 is 3.05 bits per heavy atom. The fourth-order valence-corrected chi connectivity index (χ4v) is 2.02. The van der Waals surface area contributed by atoms with Crippen molar-refractivity contribution >= 4 is 17.3 Å². The van der Waals surface area contributed by atoms with Gasteiger partial charge in [0, 0.05) is 31.9 Å². The predicted octanol–water partition coefficient (Wildman–Crippen LogP) is 2.07. The number of aromatic nitrogens is 4. The zero-order chi connectivity index (χ0) is 14.4. The third kappa shape index (κ3) is 3.60. The van der Waals surface area contributed by atoms with Crippen LogP contribution in [0.2, 0.25) is 5.02 Å². The van der Waals surface area contributed by atoms with E-state index in [1.54, 1.807) is 18.6 Å². The van der Waals surface area contributed by atoms with Crippen molar-refractivity contribution in [1.82, 2.24) is 19.7 Å². The second-order valence-electron chi connectivity index (χ2n) is 4.47. The summed E-state index contributed by atoms with van der Waals surface area (Å²) in [5.74, 6) is 0.887. The fraction of sp³-hybridized carbons (Fsp3) is 0.462. The number of nitrogens with zero attached hydrogens (tertiary/aromatic N) is 3. The molecule has 0 bridgehead atoms. The molecule has 20 heavy (non-hydrogen) atoms. The average molecular weight is 296 g/mol. The van der Waals surface area contributed by atoms with Gasteiger partial charge in [0.25, 0.3) is 5.56 Å². The van der Waals surface area contributed by atoms with Crippen LogP contribution in [0.4, 0.5) is 5.69 Å². The first-order valence-corrected chi connectivity index (χ1v) is 7.08. The van der Waals surface area contributed by atoms with Crippen molar-refractivity contribution in [3.8, 4) is 0 Å². The normalized spacial score (nSPS) is 10.7. The molecule has 2 N–H and O–H groups in total. The molecule has 0 aliphatic heterocycles. The molecule has 0 amide bonds. The average Bonchev–Trinajstić information content (AvgIpc) is 2.96. The molecule has 0 aromatic carbocycles. The van der Waals surface area contributed by atoms with E-state index in [0.29, 0.717) is 18.8 Å². The number of hydrogen-bond acceptors (Lipinski definition) is 4. The van der Waals surface area contributed by atoms with Gasteiger partial charge in [0.2, 0.25) is 0 Å². The summed E-state index contributed by atoms with van der Waals surface area (Å²) in [6.07, 6.45) is 7.73. The molecule has 0 aliphatic carbocycles. The monoisotopic (exact) mass is 295 g/mol. The SMILES string of the molecule is CCCCn1ncc(NCCc2ncc[nH]2)c(Cl)c1=O. The first kappa shape index (κ1) is 14.6. The Morgan fingerprint density at radius 2 is 2.35 bits per heavy atom. The summed E-state index contributed by atoms with van der Waals surface area (Å²) >= 11 is 6.08. The molecule has 0 saturated heterocycles. The van der Waals surface area contributed by atoms with Gasteiger partial charge in [0.1, 0.15) is 10.8 Å². The summed E-state index contributed by atoms with van der Waals surface area (Å²) in [7, 11) is 0. The van der Waals surface area contributed by atoms with Crippen LogP contribution >= 0.6 is 11.6 Å². The Kier molecular flexibility index (Phi) is 5.17. The predicted molar refractivity (Wildman–Crippen MR) is 79.2 cm³/mol. The molecular formula is C13H18ClN5O. The minimum atomic E-state index is -0.247. The van der Waals surface area contributed by atoms with E-state index in [0.717, 1.165) is 25.1 Å². The third-order valence-corrected chi connectivity index (χ3v) is 3.31. The molecule has 0 spiro atoms. The molecule has 2 heterocycles. The molecule has 0 unspecified atom stereocenters. The lowest BCUT2D eigenvalue weighted by Crippen LogP contribution is -2.24. The molecule has 2 aromatic rings. The lowest BCUT2D eigenvalue weighted by molar-refractivity contribution is 0.543. The van der Waals surface area contributed by atoms with Crippen molar-refractivity contribution in [2.75, 3.05) is 11.9 Å². The zero-order valence-corrected chi connectivity index (χ0v) is 12.2. The molecule has 0 atom stereocenters. The highest BCUT2D eigenvalue weighted by Gasteiger charge is 2.08. The van der Waals surface area contributed by atoms with Gasteiger partial charge < -0.3 is 10.3 Å². The van der Waals surface area contributed by atoms with Crippen LogP contribution in [0.15, 0.2) is 23.4 Å². The molecule has 0 radical (unpaired) electrons. The van der Waals surface area contributed by atoms with E-state index in [-0.39, 0.29) is 10.6 Å². The van der Waals surface area contributed by atoms with Gasteiger partial charge in [0.15, 0.2) is 0 Å². The van der Waals surface area contributed by atoms with Crippen molar-refractivity contribution in [3.05, 3.63) is 39.8 Å². The number of H-pyrrole nitrogens is 1. The number of aromatic amines is 1. The molecule has 7 heteroatoms. The maximum absolute atomic E-state index is 12.0. The van der Waals surface area contributed by atoms with E-state index < -0.39 is 0 Å². The van der Waals surface area contributed by atoms with E-state index >= 15 is 0 Å². The zero-order valence-electron chi connectivity index (χ0n) is 11.4. The Morgan fingerprint density at radius 1 is 1.50 bits per heavy atom. The summed E-state index contributed by atoms with van der Waals surface area (Å²) < 4.78 is 1.41. The second kappa shape index (κ2) is 7.09. The van der Waals surface area contributed by atoms with Crippen molar-refractivity contribution in [2.24, 2.45) is 0 Å².